The lowest BCUT2D eigenvalue weighted by Gasteiger charge is -2.35. The predicted molar refractivity (Wildman–Crippen MR) is 112 cm³/mol. The van der Waals surface area contributed by atoms with E-state index < -0.39 is 0 Å². The number of aliphatic imine (C=N–C) groups is 1. The molecule has 0 saturated carbocycles. The van der Waals surface area contributed by atoms with Gasteiger partial charge in [-0.1, -0.05) is 30.3 Å². The zero-order valence-corrected chi connectivity index (χ0v) is 17.4. The molecule has 1 aromatic carbocycles. The van der Waals surface area contributed by atoms with E-state index in [4.69, 9.17) is 4.74 Å². The van der Waals surface area contributed by atoms with E-state index in [1.807, 2.05) is 61.6 Å². The molecular weight excluding hydrogens is 368 g/mol. The van der Waals surface area contributed by atoms with Gasteiger partial charge in [-0.25, -0.2) is 0 Å². The van der Waals surface area contributed by atoms with Gasteiger partial charge in [0.15, 0.2) is 5.96 Å². The van der Waals surface area contributed by atoms with Gasteiger partial charge in [0.1, 0.15) is 6.10 Å². The minimum atomic E-state index is -0.0584. The Morgan fingerprint density at radius 3 is 2.83 bits per heavy atom. The van der Waals surface area contributed by atoms with Gasteiger partial charge in [0, 0.05) is 45.5 Å². The topological polar surface area (TPSA) is 75.0 Å². The van der Waals surface area contributed by atoms with Crippen molar-refractivity contribution in [3.63, 3.8) is 0 Å². The molecular formula is C21H30N6O2. The minimum absolute atomic E-state index is 0.0505. The van der Waals surface area contributed by atoms with Gasteiger partial charge in [-0.2, -0.15) is 5.10 Å². The first-order valence-electron chi connectivity index (χ1n) is 9.98. The number of guanidine groups is 1. The van der Waals surface area contributed by atoms with Crippen molar-refractivity contribution in [1.29, 1.82) is 0 Å². The number of morpholine rings is 1. The number of amides is 1. The highest BCUT2D eigenvalue weighted by Gasteiger charge is 2.25. The Bertz CT molecular complexity index is 820. The molecule has 1 aliphatic heterocycles. The van der Waals surface area contributed by atoms with Crippen molar-refractivity contribution in [2.24, 2.45) is 12.0 Å². The molecule has 3 rings (SSSR count). The molecule has 2 aromatic rings. The zero-order valence-electron chi connectivity index (χ0n) is 17.4. The predicted octanol–water partition coefficient (Wildman–Crippen LogP) is 1.42. The smallest absolute Gasteiger partial charge is 0.242 e. The molecule has 156 valence electrons. The van der Waals surface area contributed by atoms with Gasteiger partial charge >= 0.3 is 0 Å². The molecule has 0 bridgehead atoms. The molecule has 1 amide bonds. The molecule has 0 radical (unpaired) electrons. The van der Waals surface area contributed by atoms with E-state index in [0.717, 1.165) is 17.7 Å². The van der Waals surface area contributed by atoms with Crippen LogP contribution < -0.4 is 5.32 Å². The molecule has 8 heteroatoms. The second-order valence-electron chi connectivity index (χ2n) is 7.05. The number of likely N-dealkylation sites (N-methyl/N-ethyl adjacent to an activating group) is 1. The van der Waals surface area contributed by atoms with Crippen molar-refractivity contribution in [2.75, 3.05) is 39.8 Å². The first kappa shape index (κ1) is 20.9. The van der Waals surface area contributed by atoms with Crippen molar-refractivity contribution in [3.05, 3.63) is 53.9 Å². The average molecular weight is 399 g/mol. The number of ether oxygens (including phenoxy) is 1. The minimum Gasteiger partial charge on any atom is -0.370 e. The Hall–Kier alpha value is -2.87. The van der Waals surface area contributed by atoms with E-state index in [1.54, 1.807) is 11.7 Å². The Balaban J connectivity index is 1.55. The SMILES string of the molecule is CCN(Cc1ccccc1)C(=O)CNC(=NC)N1CCOC(c2cnn(C)c2)C1. The number of carbonyl (C=O) groups excluding carboxylic acids is 1. The number of hydrogen-bond acceptors (Lipinski definition) is 4. The van der Waals surface area contributed by atoms with Crippen molar-refractivity contribution >= 4 is 11.9 Å². The van der Waals surface area contributed by atoms with Crippen LogP contribution in [0.5, 0.6) is 0 Å². The van der Waals surface area contributed by atoms with E-state index in [0.29, 0.717) is 32.2 Å². The summed E-state index contributed by atoms with van der Waals surface area (Å²) in [5, 5.41) is 7.45. The Morgan fingerprint density at radius 2 is 2.17 bits per heavy atom. The summed E-state index contributed by atoms with van der Waals surface area (Å²) in [5.74, 6) is 0.765. The standard InChI is InChI=1S/C21H30N6O2/c1-4-26(14-17-8-6-5-7-9-17)20(28)13-23-21(22-2)27-10-11-29-19(16-27)18-12-24-25(3)15-18/h5-9,12,15,19H,4,10-11,13-14,16H2,1-3H3,(H,22,23). The number of aromatic nitrogens is 2. The quantitative estimate of drug-likeness (QED) is 0.588. The van der Waals surface area contributed by atoms with Crippen molar-refractivity contribution in [2.45, 2.75) is 19.6 Å². The van der Waals surface area contributed by atoms with Crippen LogP contribution in [0.4, 0.5) is 0 Å². The summed E-state index contributed by atoms with van der Waals surface area (Å²) in [6.45, 7) is 5.47. The zero-order chi connectivity index (χ0) is 20.6. The normalized spacial score (nSPS) is 17.3. The van der Waals surface area contributed by atoms with E-state index in [-0.39, 0.29) is 18.6 Å². The molecule has 1 aliphatic rings. The molecule has 1 N–H and O–H groups in total. The van der Waals surface area contributed by atoms with Gasteiger partial charge in [0.05, 0.1) is 25.9 Å². The maximum atomic E-state index is 12.7. The van der Waals surface area contributed by atoms with Gasteiger partial charge in [-0.15, -0.1) is 0 Å². The molecule has 1 atom stereocenters. The number of nitrogens with zero attached hydrogens (tertiary/aromatic N) is 5. The Kier molecular flexibility index (Phi) is 7.24. The van der Waals surface area contributed by atoms with E-state index >= 15 is 0 Å². The number of aryl methyl sites for hydroxylation is 1. The average Bonchev–Trinajstić information content (AvgIpc) is 3.19. The van der Waals surface area contributed by atoms with Crippen LogP contribution >= 0.6 is 0 Å². The Labute approximate surface area is 172 Å². The maximum absolute atomic E-state index is 12.7. The number of hydrogen-bond donors (Lipinski definition) is 1. The van der Waals surface area contributed by atoms with Crippen LogP contribution in [0.2, 0.25) is 0 Å². The van der Waals surface area contributed by atoms with Crippen LogP contribution in [0, 0.1) is 0 Å². The van der Waals surface area contributed by atoms with Crippen LogP contribution in [0.15, 0.2) is 47.7 Å². The molecule has 1 fully saturated rings. The highest BCUT2D eigenvalue weighted by atomic mass is 16.5. The third-order valence-electron chi connectivity index (χ3n) is 5.02. The van der Waals surface area contributed by atoms with Gasteiger partial charge in [-0.05, 0) is 12.5 Å². The summed E-state index contributed by atoms with van der Waals surface area (Å²) in [4.78, 5) is 21.1. The van der Waals surface area contributed by atoms with E-state index in [2.05, 4.69) is 20.3 Å². The number of nitrogens with one attached hydrogen (secondary N) is 1. The lowest BCUT2D eigenvalue weighted by atomic mass is 10.1. The monoisotopic (exact) mass is 398 g/mol. The lowest BCUT2D eigenvalue weighted by Crippen LogP contribution is -2.50. The summed E-state index contributed by atoms with van der Waals surface area (Å²) in [7, 11) is 3.63. The summed E-state index contributed by atoms with van der Waals surface area (Å²) in [6.07, 6.45) is 3.74. The highest BCUT2D eigenvalue weighted by molar-refractivity contribution is 5.86. The van der Waals surface area contributed by atoms with Crippen LogP contribution in [0.25, 0.3) is 0 Å². The van der Waals surface area contributed by atoms with Crippen LogP contribution in [-0.4, -0.2) is 71.3 Å². The maximum Gasteiger partial charge on any atom is 0.242 e. The molecule has 8 nitrogen and oxygen atoms in total. The summed E-state index contributed by atoms with van der Waals surface area (Å²) >= 11 is 0. The van der Waals surface area contributed by atoms with Gasteiger partial charge in [0.25, 0.3) is 0 Å². The van der Waals surface area contributed by atoms with Gasteiger partial charge < -0.3 is 19.9 Å². The number of carbonyl (C=O) groups is 1. The van der Waals surface area contributed by atoms with Crippen molar-refractivity contribution in [3.8, 4) is 0 Å². The summed E-state index contributed by atoms with van der Waals surface area (Å²) in [5.41, 5.74) is 2.17. The van der Waals surface area contributed by atoms with Gasteiger partial charge in [0.2, 0.25) is 5.91 Å². The molecule has 0 spiro atoms. The Morgan fingerprint density at radius 1 is 1.38 bits per heavy atom. The fourth-order valence-corrected chi connectivity index (χ4v) is 3.43. The number of rotatable bonds is 6. The third-order valence-corrected chi connectivity index (χ3v) is 5.02. The second-order valence-corrected chi connectivity index (χ2v) is 7.05. The fraction of sp³-hybridized carbons (Fsp3) is 0.476. The van der Waals surface area contributed by atoms with Crippen LogP contribution in [0.3, 0.4) is 0 Å². The van der Waals surface area contributed by atoms with Crippen LogP contribution in [0.1, 0.15) is 24.2 Å². The number of benzene rings is 1. The lowest BCUT2D eigenvalue weighted by molar-refractivity contribution is -0.130. The van der Waals surface area contributed by atoms with Crippen LogP contribution in [-0.2, 0) is 23.1 Å². The molecule has 0 aliphatic carbocycles. The highest BCUT2D eigenvalue weighted by Crippen LogP contribution is 2.21. The third kappa shape index (κ3) is 5.57. The summed E-state index contributed by atoms with van der Waals surface area (Å²) < 4.78 is 7.67. The molecule has 1 unspecified atom stereocenters. The largest absolute Gasteiger partial charge is 0.370 e. The first-order chi connectivity index (χ1) is 14.1. The van der Waals surface area contributed by atoms with Crippen molar-refractivity contribution in [1.82, 2.24) is 24.9 Å². The van der Waals surface area contributed by atoms with Gasteiger partial charge in [-0.3, -0.25) is 14.5 Å². The molecule has 29 heavy (non-hydrogen) atoms. The van der Waals surface area contributed by atoms with E-state index in [1.165, 1.54) is 0 Å². The molecule has 1 aromatic heterocycles. The van der Waals surface area contributed by atoms with Crippen molar-refractivity contribution < 1.29 is 9.53 Å². The first-order valence-corrected chi connectivity index (χ1v) is 9.98. The fourth-order valence-electron chi connectivity index (χ4n) is 3.43. The van der Waals surface area contributed by atoms with E-state index in [9.17, 15) is 4.79 Å². The molecule has 2 heterocycles. The summed E-state index contributed by atoms with van der Waals surface area (Å²) in [6, 6.07) is 10.0. The molecule has 1 saturated heterocycles. The second kappa shape index (κ2) is 10.1.